The van der Waals surface area contributed by atoms with Crippen molar-refractivity contribution in [3.8, 4) is 5.75 Å². The maximum absolute atomic E-state index is 12.4. The molecule has 0 aliphatic carbocycles. The minimum Gasteiger partial charge on any atom is -0.497 e. The predicted octanol–water partition coefficient (Wildman–Crippen LogP) is 2.35. The Bertz CT molecular complexity index is 984. The van der Waals surface area contributed by atoms with Crippen LogP contribution < -0.4 is 20.3 Å². The van der Waals surface area contributed by atoms with Crippen LogP contribution in [0.5, 0.6) is 5.75 Å². The van der Waals surface area contributed by atoms with Gasteiger partial charge in [0, 0.05) is 18.8 Å². The third kappa shape index (κ3) is 3.55. The van der Waals surface area contributed by atoms with Crippen molar-refractivity contribution in [2.75, 3.05) is 23.9 Å². The molecular formula is C22H23N3O4. The number of nitrogens with zero attached hydrogens (tertiary/aromatic N) is 1. The van der Waals surface area contributed by atoms with Crippen molar-refractivity contribution in [1.29, 1.82) is 0 Å². The Balaban J connectivity index is 1.43. The predicted molar refractivity (Wildman–Crippen MR) is 109 cm³/mol. The SMILES string of the molecule is COc1ccc(CNC(=O)C(=O)Nc2cc3c4c(c2)C(C)C(=O)N4CCC3)cc1. The number of hydrogen-bond acceptors (Lipinski definition) is 4. The average molecular weight is 393 g/mol. The van der Waals surface area contributed by atoms with E-state index in [0.29, 0.717) is 5.69 Å². The van der Waals surface area contributed by atoms with E-state index < -0.39 is 11.8 Å². The zero-order valence-corrected chi connectivity index (χ0v) is 16.5. The van der Waals surface area contributed by atoms with E-state index in [4.69, 9.17) is 4.74 Å². The van der Waals surface area contributed by atoms with Gasteiger partial charge >= 0.3 is 11.8 Å². The van der Waals surface area contributed by atoms with Crippen LogP contribution >= 0.6 is 0 Å². The summed E-state index contributed by atoms with van der Waals surface area (Å²) in [5.41, 5.74) is 4.35. The molecule has 0 saturated carbocycles. The van der Waals surface area contributed by atoms with Crippen molar-refractivity contribution in [2.45, 2.75) is 32.2 Å². The lowest BCUT2D eigenvalue weighted by molar-refractivity contribution is -0.136. The Labute approximate surface area is 169 Å². The highest BCUT2D eigenvalue weighted by atomic mass is 16.5. The molecule has 1 unspecified atom stereocenters. The van der Waals surface area contributed by atoms with Crippen LogP contribution in [0.3, 0.4) is 0 Å². The smallest absolute Gasteiger partial charge is 0.313 e. The van der Waals surface area contributed by atoms with Gasteiger partial charge < -0.3 is 20.3 Å². The summed E-state index contributed by atoms with van der Waals surface area (Å²) in [5, 5.41) is 5.29. The molecule has 7 heteroatoms. The van der Waals surface area contributed by atoms with Crippen LogP contribution in [-0.4, -0.2) is 31.4 Å². The fourth-order valence-corrected chi connectivity index (χ4v) is 3.96. The summed E-state index contributed by atoms with van der Waals surface area (Å²) >= 11 is 0. The molecule has 29 heavy (non-hydrogen) atoms. The number of nitrogens with one attached hydrogen (secondary N) is 2. The molecule has 2 aromatic carbocycles. The number of carbonyl (C=O) groups excluding carboxylic acids is 3. The highest BCUT2D eigenvalue weighted by molar-refractivity contribution is 6.39. The van der Waals surface area contributed by atoms with E-state index in [1.807, 2.05) is 30.0 Å². The molecule has 7 nitrogen and oxygen atoms in total. The number of hydrogen-bond donors (Lipinski definition) is 2. The topological polar surface area (TPSA) is 87.7 Å². The molecule has 2 aromatic rings. The van der Waals surface area contributed by atoms with Gasteiger partial charge in [0.05, 0.1) is 18.7 Å². The Kier molecular flexibility index (Phi) is 4.96. The van der Waals surface area contributed by atoms with E-state index in [0.717, 1.165) is 47.5 Å². The van der Waals surface area contributed by atoms with Gasteiger partial charge in [-0.15, -0.1) is 0 Å². The van der Waals surface area contributed by atoms with Crippen LogP contribution in [0.25, 0.3) is 0 Å². The van der Waals surface area contributed by atoms with Gasteiger partial charge in [0.1, 0.15) is 5.75 Å². The Hall–Kier alpha value is -3.35. The number of amides is 3. The molecule has 3 amide bonds. The highest BCUT2D eigenvalue weighted by Crippen LogP contribution is 2.44. The first-order valence-electron chi connectivity index (χ1n) is 9.68. The molecule has 150 valence electrons. The molecule has 2 N–H and O–H groups in total. The van der Waals surface area contributed by atoms with Gasteiger partial charge in [-0.3, -0.25) is 14.4 Å². The molecular weight excluding hydrogens is 370 g/mol. The van der Waals surface area contributed by atoms with Crippen LogP contribution in [0, 0.1) is 0 Å². The second kappa shape index (κ2) is 7.58. The molecule has 2 aliphatic rings. The lowest BCUT2D eigenvalue weighted by Gasteiger charge is -2.26. The number of rotatable bonds is 4. The summed E-state index contributed by atoms with van der Waals surface area (Å²) in [4.78, 5) is 38.8. The number of benzene rings is 2. The third-order valence-corrected chi connectivity index (χ3v) is 5.50. The molecule has 0 saturated heterocycles. The minimum absolute atomic E-state index is 0.0988. The zero-order chi connectivity index (χ0) is 20.5. The second-order valence-electron chi connectivity index (χ2n) is 7.37. The van der Waals surface area contributed by atoms with E-state index in [1.165, 1.54) is 0 Å². The van der Waals surface area contributed by atoms with Gasteiger partial charge in [-0.05, 0) is 60.7 Å². The first-order chi connectivity index (χ1) is 14.0. The molecule has 1 atom stereocenters. The van der Waals surface area contributed by atoms with Crippen molar-refractivity contribution >= 4 is 29.1 Å². The Morgan fingerprint density at radius 1 is 1.17 bits per heavy atom. The number of ether oxygens (including phenoxy) is 1. The molecule has 0 fully saturated rings. The molecule has 0 spiro atoms. The van der Waals surface area contributed by atoms with Crippen LogP contribution in [0.2, 0.25) is 0 Å². The molecule has 0 radical (unpaired) electrons. The van der Waals surface area contributed by atoms with Crippen LogP contribution in [0.1, 0.15) is 36.0 Å². The largest absolute Gasteiger partial charge is 0.497 e. The van der Waals surface area contributed by atoms with Gasteiger partial charge in [0.25, 0.3) is 0 Å². The van der Waals surface area contributed by atoms with Gasteiger partial charge in [-0.1, -0.05) is 12.1 Å². The molecule has 0 bridgehead atoms. The number of carbonyl (C=O) groups is 3. The normalized spacial score (nSPS) is 17.0. The standard InChI is InChI=1S/C22H23N3O4/c1-13-18-11-16(10-15-4-3-9-25(19(15)18)22(13)28)24-21(27)20(26)23-12-14-5-7-17(29-2)8-6-14/h5-8,10-11,13H,3-4,9,12H2,1-2H3,(H,23,26)(H,24,27). The number of aryl methyl sites for hydroxylation is 1. The Morgan fingerprint density at radius 2 is 1.93 bits per heavy atom. The highest BCUT2D eigenvalue weighted by Gasteiger charge is 2.38. The maximum atomic E-state index is 12.4. The van der Waals surface area contributed by atoms with Gasteiger partial charge in [0.15, 0.2) is 0 Å². The summed E-state index contributed by atoms with van der Waals surface area (Å²) < 4.78 is 5.10. The average Bonchev–Trinajstić information content (AvgIpc) is 2.98. The molecule has 4 rings (SSSR count). The fraction of sp³-hybridized carbons (Fsp3) is 0.318. The quantitative estimate of drug-likeness (QED) is 0.781. The summed E-state index contributed by atoms with van der Waals surface area (Å²) in [6, 6.07) is 10.9. The summed E-state index contributed by atoms with van der Waals surface area (Å²) in [6.07, 6.45) is 1.75. The monoisotopic (exact) mass is 393 g/mol. The minimum atomic E-state index is -0.727. The van der Waals surface area contributed by atoms with Crippen LogP contribution in [0.4, 0.5) is 11.4 Å². The first kappa shape index (κ1) is 19.0. The molecule has 2 heterocycles. The molecule has 0 aromatic heterocycles. The fourth-order valence-electron chi connectivity index (χ4n) is 3.96. The van der Waals surface area contributed by atoms with Crippen molar-refractivity contribution in [1.82, 2.24) is 5.32 Å². The van der Waals surface area contributed by atoms with Crippen molar-refractivity contribution in [3.05, 3.63) is 53.1 Å². The number of methoxy groups -OCH3 is 1. The van der Waals surface area contributed by atoms with Gasteiger partial charge in [0.2, 0.25) is 5.91 Å². The maximum Gasteiger partial charge on any atom is 0.313 e. The summed E-state index contributed by atoms with van der Waals surface area (Å²) in [5.74, 6) is -0.843. The third-order valence-electron chi connectivity index (χ3n) is 5.50. The zero-order valence-electron chi connectivity index (χ0n) is 16.5. The van der Waals surface area contributed by atoms with Crippen LogP contribution in [0.15, 0.2) is 36.4 Å². The second-order valence-corrected chi connectivity index (χ2v) is 7.37. The summed E-state index contributed by atoms with van der Waals surface area (Å²) in [6.45, 7) is 2.86. The van der Waals surface area contributed by atoms with Crippen LogP contribution in [-0.2, 0) is 27.3 Å². The lowest BCUT2D eigenvalue weighted by Crippen LogP contribution is -2.35. The lowest BCUT2D eigenvalue weighted by atomic mass is 9.96. The van der Waals surface area contributed by atoms with Gasteiger partial charge in [-0.25, -0.2) is 0 Å². The van der Waals surface area contributed by atoms with Gasteiger partial charge in [-0.2, -0.15) is 0 Å². The summed E-state index contributed by atoms with van der Waals surface area (Å²) in [7, 11) is 1.59. The Morgan fingerprint density at radius 3 is 2.66 bits per heavy atom. The van der Waals surface area contributed by atoms with Crippen molar-refractivity contribution < 1.29 is 19.1 Å². The number of anilines is 2. The van der Waals surface area contributed by atoms with E-state index in [1.54, 1.807) is 25.3 Å². The van der Waals surface area contributed by atoms with E-state index in [2.05, 4.69) is 10.6 Å². The first-order valence-corrected chi connectivity index (χ1v) is 9.68. The van der Waals surface area contributed by atoms with Crippen molar-refractivity contribution in [3.63, 3.8) is 0 Å². The molecule has 2 aliphatic heterocycles. The van der Waals surface area contributed by atoms with E-state index >= 15 is 0 Å². The van der Waals surface area contributed by atoms with E-state index in [9.17, 15) is 14.4 Å². The van der Waals surface area contributed by atoms with Crippen molar-refractivity contribution in [2.24, 2.45) is 0 Å². The van der Waals surface area contributed by atoms with E-state index in [-0.39, 0.29) is 18.4 Å².